The highest BCUT2D eigenvalue weighted by Crippen LogP contribution is 2.39. The fraction of sp³-hybridized carbons (Fsp3) is 0.480. The summed E-state index contributed by atoms with van der Waals surface area (Å²) in [4.78, 5) is 13.2. The Morgan fingerprint density at radius 2 is 1.61 bits per heavy atom. The summed E-state index contributed by atoms with van der Waals surface area (Å²) in [6, 6.07) is 11.6. The molecule has 2 aromatic rings. The number of hydrogen-bond donors (Lipinski definition) is 1. The van der Waals surface area contributed by atoms with E-state index in [1.165, 1.54) is 5.56 Å². The molecule has 1 saturated heterocycles. The van der Waals surface area contributed by atoms with Crippen LogP contribution in [0.2, 0.25) is 0 Å². The number of nitrogens with one attached hydrogen (secondary N) is 1. The molecule has 1 N–H and O–H groups in total. The van der Waals surface area contributed by atoms with Gasteiger partial charge in [-0.3, -0.25) is 4.79 Å². The van der Waals surface area contributed by atoms with Gasteiger partial charge in [-0.1, -0.05) is 29.8 Å². The number of carbonyl (C=O) groups excluding carboxylic acids is 1. The van der Waals surface area contributed by atoms with Crippen LogP contribution < -0.4 is 19.5 Å². The first kappa shape index (κ1) is 22.9. The van der Waals surface area contributed by atoms with Crippen molar-refractivity contribution in [2.45, 2.75) is 52.7 Å². The van der Waals surface area contributed by atoms with Crippen molar-refractivity contribution >= 4 is 5.91 Å². The van der Waals surface area contributed by atoms with E-state index < -0.39 is 0 Å². The Kier molecular flexibility index (Phi) is 8.18. The average Bonchev–Trinajstić information content (AvgIpc) is 2.77. The third-order valence-corrected chi connectivity index (χ3v) is 5.22. The van der Waals surface area contributed by atoms with E-state index in [-0.39, 0.29) is 18.1 Å². The summed E-state index contributed by atoms with van der Waals surface area (Å²) in [6.45, 7) is 9.84. The molecule has 1 aliphatic rings. The molecule has 0 unspecified atom stereocenters. The number of ether oxygens (including phenoxy) is 4. The number of benzene rings is 2. The molecule has 1 fully saturated rings. The SMILES string of the molecule is CCOc1cc(C(=O)N[C@H]2CCCO[C@H]2c2ccc(C)cc2)cc(OCC)c1OCC. The van der Waals surface area contributed by atoms with E-state index in [0.717, 1.165) is 18.4 Å². The average molecular weight is 428 g/mol. The van der Waals surface area contributed by atoms with Crippen LogP contribution in [0.15, 0.2) is 36.4 Å². The normalized spacial score (nSPS) is 18.3. The molecular weight excluding hydrogens is 394 g/mol. The summed E-state index contributed by atoms with van der Waals surface area (Å²) < 4.78 is 23.3. The van der Waals surface area contributed by atoms with Gasteiger partial charge < -0.3 is 24.3 Å². The molecule has 3 rings (SSSR count). The first-order valence-electron chi connectivity index (χ1n) is 11.1. The fourth-order valence-corrected chi connectivity index (χ4v) is 3.79. The largest absolute Gasteiger partial charge is 0.490 e. The molecule has 0 aliphatic carbocycles. The van der Waals surface area contributed by atoms with Crippen molar-refractivity contribution in [3.05, 3.63) is 53.1 Å². The second-order valence-electron chi connectivity index (χ2n) is 7.52. The third-order valence-electron chi connectivity index (χ3n) is 5.22. The van der Waals surface area contributed by atoms with Gasteiger partial charge in [0.1, 0.15) is 6.10 Å². The second kappa shape index (κ2) is 11.0. The second-order valence-corrected chi connectivity index (χ2v) is 7.52. The Morgan fingerprint density at radius 3 is 2.19 bits per heavy atom. The van der Waals surface area contributed by atoms with Crippen LogP contribution in [0.4, 0.5) is 0 Å². The summed E-state index contributed by atoms with van der Waals surface area (Å²) in [6.07, 6.45) is 1.60. The van der Waals surface area contributed by atoms with Crippen molar-refractivity contribution in [1.82, 2.24) is 5.32 Å². The minimum atomic E-state index is -0.183. The van der Waals surface area contributed by atoms with E-state index in [1.54, 1.807) is 12.1 Å². The van der Waals surface area contributed by atoms with Crippen molar-refractivity contribution in [2.75, 3.05) is 26.4 Å². The molecule has 1 heterocycles. The quantitative estimate of drug-likeness (QED) is 0.620. The molecular formula is C25H33NO5. The molecule has 168 valence electrons. The summed E-state index contributed by atoms with van der Waals surface area (Å²) in [5.41, 5.74) is 2.75. The van der Waals surface area contributed by atoms with Gasteiger partial charge in [-0.25, -0.2) is 0 Å². The number of rotatable bonds is 9. The third kappa shape index (κ3) is 5.70. The van der Waals surface area contributed by atoms with Gasteiger partial charge in [-0.15, -0.1) is 0 Å². The van der Waals surface area contributed by atoms with E-state index in [1.807, 2.05) is 20.8 Å². The predicted octanol–water partition coefficient (Wildman–Crippen LogP) is 4.84. The van der Waals surface area contributed by atoms with Gasteiger partial charge in [0, 0.05) is 12.2 Å². The first-order chi connectivity index (χ1) is 15.1. The van der Waals surface area contributed by atoms with Crippen LogP contribution in [0.25, 0.3) is 0 Å². The summed E-state index contributed by atoms with van der Waals surface area (Å²) >= 11 is 0. The van der Waals surface area contributed by atoms with Gasteiger partial charge in [0.25, 0.3) is 5.91 Å². The van der Waals surface area contributed by atoms with Crippen LogP contribution in [0.1, 0.15) is 61.2 Å². The number of hydrogen-bond acceptors (Lipinski definition) is 5. The summed E-state index contributed by atoms with van der Waals surface area (Å²) in [5.74, 6) is 1.37. The number of aryl methyl sites for hydroxylation is 1. The van der Waals surface area contributed by atoms with Crippen LogP contribution >= 0.6 is 0 Å². The zero-order valence-electron chi connectivity index (χ0n) is 18.9. The van der Waals surface area contributed by atoms with Crippen LogP contribution in [-0.4, -0.2) is 38.4 Å². The van der Waals surface area contributed by atoms with Crippen LogP contribution in [0.3, 0.4) is 0 Å². The zero-order valence-corrected chi connectivity index (χ0v) is 18.9. The lowest BCUT2D eigenvalue weighted by Gasteiger charge is -2.33. The van der Waals surface area contributed by atoms with Crippen molar-refractivity contribution < 1.29 is 23.7 Å². The maximum Gasteiger partial charge on any atom is 0.251 e. The van der Waals surface area contributed by atoms with Crippen LogP contribution in [0, 0.1) is 6.92 Å². The monoisotopic (exact) mass is 427 g/mol. The van der Waals surface area contributed by atoms with E-state index >= 15 is 0 Å². The Hall–Kier alpha value is -2.73. The lowest BCUT2D eigenvalue weighted by atomic mass is 9.95. The lowest BCUT2D eigenvalue weighted by molar-refractivity contribution is -0.00947. The van der Waals surface area contributed by atoms with Crippen molar-refractivity contribution in [2.24, 2.45) is 0 Å². The Bertz CT molecular complexity index is 838. The highest BCUT2D eigenvalue weighted by atomic mass is 16.5. The molecule has 1 amide bonds. The van der Waals surface area contributed by atoms with E-state index in [0.29, 0.717) is 49.2 Å². The van der Waals surface area contributed by atoms with Crippen molar-refractivity contribution in [3.63, 3.8) is 0 Å². The molecule has 6 heteroatoms. The van der Waals surface area contributed by atoms with Gasteiger partial charge in [0.05, 0.1) is 25.9 Å². The van der Waals surface area contributed by atoms with Gasteiger partial charge in [-0.05, 0) is 58.2 Å². The molecule has 0 saturated carbocycles. The van der Waals surface area contributed by atoms with Gasteiger partial charge in [0.15, 0.2) is 11.5 Å². The molecule has 2 aromatic carbocycles. The standard InChI is InChI=1S/C25H33NO5/c1-5-28-21-15-19(16-22(29-6-2)24(21)30-7-3)25(27)26-20-9-8-14-31-23(20)18-12-10-17(4)11-13-18/h10-13,15-16,20,23H,5-9,14H2,1-4H3,(H,26,27)/t20-,23-/m0/s1. The molecule has 2 atom stereocenters. The molecule has 6 nitrogen and oxygen atoms in total. The minimum absolute atomic E-state index is 0.110. The van der Waals surface area contributed by atoms with E-state index in [4.69, 9.17) is 18.9 Å². The van der Waals surface area contributed by atoms with Crippen LogP contribution in [0.5, 0.6) is 17.2 Å². The Labute approximate surface area is 184 Å². The topological polar surface area (TPSA) is 66.0 Å². The molecule has 31 heavy (non-hydrogen) atoms. The number of amides is 1. The van der Waals surface area contributed by atoms with Crippen molar-refractivity contribution in [1.29, 1.82) is 0 Å². The maximum absolute atomic E-state index is 13.2. The predicted molar refractivity (Wildman–Crippen MR) is 120 cm³/mol. The molecule has 0 bridgehead atoms. The number of carbonyl (C=O) groups is 1. The van der Waals surface area contributed by atoms with Crippen molar-refractivity contribution in [3.8, 4) is 17.2 Å². The fourth-order valence-electron chi connectivity index (χ4n) is 3.79. The van der Waals surface area contributed by atoms with E-state index in [9.17, 15) is 4.79 Å². The summed E-state index contributed by atoms with van der Waals surface area (Å²) in [5, 5.41) is 3.17. The smallest absolute Gasteiger partial charge is 0.251 e. The zero-order chi connectivity index (χ0) is 22.2. The van der Waals surface area contributed by atoms with Gasteiger partial charge >= 0.3 is 0 Å². The van der Waals surface area contributed by atoms with Crippen LogP contribution in [-0.2, 0) is 4.74 Å². The maximum atomic E-state index is 13.2. The van der Waals surface area contributed by atoms with Gasteiger partial charge in [-0.2, -0.15) is 0 Å². The Balaban J connectivity index is 1.85. The van der Waals surface area contributed by atoms with Gasteiger partial charge in [0.2, 0.25) is 5.75 Å². The molecule has 0 spiro atoms. The highest BCUT2D eigenvalue weighted by Gasteiger charge is 2.29. The summed E-state index contributed by atoms with van der Waals surface area (Å²) in [7, 11) is 0. The van der Waals surface area contributed by atoms with E-state index in [2.05, 4.69) is 36.5 Å². The Morgan fingerprint density at radius 1 is 1.00 bits per heavy atom. The molecule has 0 radical (unpaired) electrons. The first-order valence-corrected chi connectivity index (χ1v) is 11.1. The lowest BCUT2D eigenvalue weighted by Crippen LogP contribution is -2.42. The molecule has 0 aromatic heterocycles. The minimum Gasteiger partial charge on any atom is -0.490 e. The molecule has 1 aliphatic heterocycles. The highest BCUT2D eigenvalue weighted by molar-refractivity contribution is 5.96.